The summed E-state index contributed by atoms with van der Waals surface area (Å²) >= 11 is 3.41. The molecule has 2 atom stereocenters. The Balaban J connectivity index is 3.28. The Labute approximate surface area is 110 Å². The fourth-order valence-electron chi connectivity index (χ4n) is 1.73. The molecule has 0 saturated carbocycles. The van der Waals surface area contributed by atoms with Gasteiger partial charge in [0.2, 0.25) is 0 Å². The predicted octanol–water partition coefficient (Wildman–Crippen LogP) is 2.50. The Bertz CT molecular complexity index is 382. The number of halogens is 1. The molecule has 96 valence electrons. The summed E-state index contributed by atoms with van der Waals surface area (Å²) in [4.78, 5) is 0. The lowest BCUT2D eigenvalue weighted by atomic mass is 10.0. The monoisotopic (exact) mass is 303 g/mol. The van der Waals surface area contributed by atoms with Gasteiger partial charge < -0.3 is 19.9 Å². The topological polar surface area (TPSA) is 53.7 Å². The molecule has 0 amide bonds. The quantitative estimate of drug-likeness (QED) is 0.908. The summed E-state index contributed by atoms with van der Waals surface area (Å²) in [6.45, 7) is 1.89. The molecule has 1 aromatic rings. The summed E-state index contributed by atoms with van der Waals surface area (Å²) in [5.74, 6) is 1.45. The first-order chi connectivity index (χ1) is 8.04. The van der Waals surface area contributed by atoms with Crippen molar-refractivity contribution in [2.45, 2.75) is 19.1 Å². The van der Waals surface area contributed by atoms with Gasteiger partial charge in [-0.2, -0.15) is 0 Å². The van der Waals surface area contributed by atoms with Crippen LogP contribution in [0.15, 0.2) is 16.6 Å². The van der Waals surface area contributed by atoms with Gasteiger partial charge in [-0.25, -0.2) is 0 Å². The van der Waals surface area contributed by atoms with Gasteiger partial charge in [-0.15, -0.1) is 0 Å². The Morgan fingerprint density at radius 1 is 1.12 bits per heavy atom. The third kappa shape index (κ3) is 3.12. The third-order valence-corrected chi connectivity index (χ3v) is 3.16. The van der Waals surface area contributed by atoms with Crippen molar-refractivity contribution >= 4 is 15.9 Å². The molecule has 0 fully saturated rings. The molecule has 0 aromatic heterocycles. The molecule has 1 aromatic carbocycles. The first kappa shape index (κ1) is 14.3. The number of nitrogens with two attached hydrogens (primary N) is 1. The van der Waals surface area contributed by atoms with E-state index < -0.39 is 0 Å². The second kappa shape index (κ2) is 6.23. The van der Waals surface area contributed by atoms with Crippen LogP contribution in [0.4, 0.5) is 0 Å². The van der Waals surface area contributed by atoms with Crippen LogP contribution in [0.5, 0.6) is 11.5 Å². The SMILES string of the molecule is COc1cc([C@@H](OC)[C@@H](C)N)c(OC)cc1Br. The smallest absolute Gasteiger partial charge is 0.133 e. The maximum absolute atomic E-state index is 5.90. The fourth-order valence-corrected chi connectivity index (χ4v) is 2.22. The van der Waals surface area contributed by atoms with E-state index in [1.165, 1.54) is 0 Å². The van der Waals surface area contributed by atoms with Crippen molar-refractivity contribution in [1.29, 1.82) is 0 Å². The number of benzene rings is 1. The molecule has 4 nitrogen and oxygen atoms in total. The highest BCUT2D eigenvalue weighted by Gasteiger charge is 2.21. The van der Waals surface area contributed by atoms with Crippen molar-refractivity contribution in [3.05, 3.63) is 22.2 Å². The fraction of sp³-hybridized carbons (Fsp3) is 0.500. The molecular formula is C12H18BrNO3. The Morgan fingerprint density at radius 2 is 1.71 bits per heavy atom. The molecule has 0 bridgehead atoms. The van der Waals surface area contributed by atoms with Crippen molar-refractivity contribution < 1.29 is 14.2 Å². The maximum Gasteiger partial charge on any atom is 0.133 e. The van der Waals surface area contributed by atoms with Crippen LogP contribution < -0.4 is 15.2 Å². The summed E-state index contributed by atoms with van der Waals surface area (Å²) in [6.07, 6.45) is -0.230. The van der Waals surface area contributed by atoms with E-state index in [-0.39, 0.29) is 12.1 Å². The van der Waals surface area contributed by atoms with Crippen molar-refractivity contribution in [3.8, 4) is 11.5 Å². The van der Waals surface area contributed by atoms with Gasteiger partial charge in [-0.1, -0.05) is 0 Å². The van der Waals surface area contributed by atoms with Gasteiger partial charge in [0.15, 0.2) is 0 Å². The molecule has 1 rings (SSSR count). The van der Waals surface area contributed by atoms with Gasteiger partial charge in [-0.05, 0) is 35.0 Å². The molecule has 2 N–H and O–H groups in total. The van der Waals surface area contributed by atoms with Crippen LogP contribution >= 0.6 is 15.9 Å². The summed E-state index contributed by atoms with van der Waals surface area (Å²) < 4.78 is 16.8. The molecule has 0 saturated heterocycles. The summed E-state index contributed by atoms with van der Waals surface area (Å²) in [6, 6.07) is 3.59. The van der Waals surface area contributed by atoms with Gasteiger partial charge in [0.05, 0.1) is 18.7 Å². The lowest BCUT2D eigenvalue weighted by Gasteiger charge is -2.22. The van der Waals surface area contributed by atoms with E-state index in [1.54, 1.807) is 21.3 Å². The molecule has 0 unspecified atom stereocenters. The van der Waals surface area contributed by atoms with Gasteiger partial charge in [0, 0.05) is 18.7 Å². The predicted molar refractivity (Wildman–Crippen MR) is 70.6 cm³/mol. The normalized spacial score (nSPS) is 14.2. The summed E-state index contributed by atoms with van der Waals surface area (Å²) in [5, 5.41) is 0. The van der Waals surface area contributed by atoms with Crippen molar-refractivity contribution in [2.75, 3.05) is 21.3 Å². The average Bonchev–Trinajstić information content (AvgIpc) is 2.30. The van der Waals surface area contributed by atoms with Gasteiger partial charge in [0.25, 0.3) is 0 Å². The largest absolute Gasteiger partial charge is 0.496 e. The van der Waals surface area contributed by atoms with E-state index in [0.717, 1.165) is 21.5 Å². The van der Waals surface area contributed by atoms with E-state index >= 15 is 0 Å². The molecule has 0 radical (unpaired) electrons. The van der Waals surface area contributed by atoms with Crippen molar-refractivity contribution in [1.82, 2.24) is 0 Å². The summed E-state index contributed by atoms with van der Waals surface area (Å²) in [7, 11) is 4.86. The Hall–Kier alpha value is -0.780. The van der Waals surface area contributed by atoms with E-state index in [1.807, 2.05) is 19.1 Å². The van der Waals surface area contributed by atoms with E-state index in [0.29, 0.717) is 0 Å². The molecule has 0 spiro atoms. The van der Waals surface area contributed by atoms with Crippen molar-refractivity contribution in [3.63, 3.8) is 0 Å². The molecule has 0 heterocycles. The minimum atomic E-state index is -0.230. The van der Waals surface area contributed by atoms with Crippen LogP contribution in [0.25, 0.3) is 0 Å². The minimum absolute atomic E-state index is 0.139. The zero-order chi connectivity index (χ0) is 13.0. The second-order valence-corrected chi connectivity index (χ2v) is 4.60. The minimum Gasteiger partial charge on any atom is -0.496 e. The van der Waals surface area contributed by atoms with E-state index in [9.17, 15) is 0 Å². The zero-order valence-corrected chi connectivity index (χ0v) is 12.1. The summed E-state index contributed by atoms with van der Waals surface area (Å²) in [5.41, 5.74) is 6.78. The second-order valence-electron chi connectivity index (χ2n) is 3.74. The molecule has 5 heteroatoms. The third-order valence-electron chi connectivity index (χ3n) is 2.54. The van der Waals surface area contributed by atoms with Gasteiger partial charge in [0.1, 0.15) is 17.6 Å². The molecule has 0 aliphatic carbocycles. The molecular weight excluding hydrogens is 286 g/mol. The highest BCUT2D eigenvalue weighted by Crippen LogP contribution is 2.37. The number of hydrogen-bond acceptors (Lipinski definition) is 4. The van der Waals surface area contributed by atoms with Crippen LogP contribution in [0, 0.1) is 0 Å². The number of rotatable bonds is 5. The lowest BCUT2D eigenvalue weighted by molar-refractivity contribution is 0.0828. The maximum atomic E-state index is 5.90. The Morgan fingerprint density at radius 3 is 2.12 bits per heavy atom. The highest BCUT2D eigenvalue weighted by atomic mass is 79.9. The average molecular weight is 304 g/mol. The van der Waals surface area contributed by atoms with E-state index in [2.05, 4.69) is 15.9 Å². The van der Waals surface area contributed by atoms with Gasteiger partial charge >= 0.3 is 0 Å². The molecule has 17 heavy (non-hydrogen) atoms. The Kier molecular flexibility index (Phi) is 5.24. The highest BCUT2D eigenvalue weighted by molar-refractivity contribution is 9.10. The number of methoxy groups -OCH3 is 3. The van der Waals surface area contributed by atoms with Crippen LogP contribution in [0.3, 0.4) is 0 Å². The van der Waals surface area contributed by atoms with Gasteiger partial charge in [-0.3, -0.25) is 0 Å². The number of ether oxygens (including phenoxy) is 3. The first-order valence-electron chi connectivity index (χ1n) is 5.25. The van der Waals surface area contributed by atoms with Crippen LogP contribution in [0.2, 0.25) is 0 Å². The molecule has 0 aliphatic rings. The lowest BCUT2D eigenvalue weighted by Crippen LogP contribution is -2.26. The van der Waals surface area contributed by atoms with E-state index in [4.69, 9.17) is 19.9 Å². The van der Waals surface area contributed by atoms with Crippen molar-refractivity contribution in [2.24, 2.45) is 5.73 Å². The first-order valence-corrected chi connectivity index (χ1v) is 6.04. The number of hydrogen-bond donors (Lipinski definition) is 1. The van der Waals surface area contributed by atoms with Crippen LogP contribution in [-0.2, 0) is 4.74 Å². The molecule has 0 aliphatic heterocycles. The zero-order valence-electron chi connectivity index (χ0n) is 10.5. The van der Waals surface area contributed by atoms with Crippen LogP contribution in [0.1, 0.15) is 18.6 Å². The standard InChI is InChI=1S/C12H18BrNO3/c1-7(14)12(17-4)8-5-11(16-3)9(13)6-10(8)15-2/h5-7,12H,14H2,1-4H3/t7-,12+/m1/s1. The van der Waals surface area contributed by atoms with Crippen LogP contribution in [-0.4, -0.2) is 27.4 Å².